The number of terminal acetylenes is 1. The average Bonchev–Trinajstić information content (AvgIpc) is 0.810. The van der Waals surface area contributed by atoms with Crippen LogP contribution in [0.3, 0.4) is 0 Å². The van der Waals surface area contributed by atoms with Crippen LogP contribution in [0, 0.1) is 24.2 Å². The largest absolute Gasteiger partial charge is 0.480 e. The van der Waals surface area contributed by atoms with Crippen LogP contribution < -0.4 is 38.5 Å². The van der Waals surface area contributed by atoms with Crippen molar-refractivity contribution < 1.29 is 67.3 Å². The Balaban J connectivity index is 0.000000386. The molecule has 0 aliphatic rings. The van der Waals surface area contributed by atoms with Crippen molar-refractivity contribution in [3.8, 4) is 24.2 Å². The van der Waals surface area contributed by atoms with E-state index < -0.39 is 76.5 Å². The van der Waals surface area contributed by atoms with Gasteiger partial charge in [-0.2, -0.15) is 0 Å². The third-order valence-corrected chi connectivity index (χ3v) is 16.3. The second-order valence-corrected chi connectivity index (χ2v) is 36.1. The Morgan fingerprint density at radius 3 is 1.12 bits per heavy atom. The molecule has 24 nitrogen and oxygen atoms in total. The number of nitrogens with zero attached hydrogens (tertiary/aromatic N) is 3. The number of rotatable bonds is 21. The molecule has 0 unspecified atom stereocenters. The number of hydrogen-bond donors (Lipinski definition) is 8. The normalized spacial score (nSPS) is 13.7. The molecule has 0 saturated carbocycles. The second kappa shape index (κ2) is 45.8. The summed E-state index contributed by atoms with van der Waals surface area (Å²) in [7, 11) is 0. The summed E-state index contributed by atoms with van der Waals surface area (Å²) in [5, 5.41) is 21.4. The lowest BCUT2D eigenvalue weighted by molar-refractivity contribution is -0.153. The predicted octanol–water partition coefficient (Wildman–Crippen LogP) is 17.2. The van der Waals surface area contributed by atoms with Gasteiger partial charge < -0.3 is 46.2 Å². The molecule has 0 aliphatic carbocycles. The summed E-state index contributed by atoms with van der Waals surface area (Å²) in [6, 6.07) is 34.3. The van der Waals surface area contributed by atoms with Gasteiger partial charge in [-0.25, -0.2) is 31.4 Å². The Bertz CT molecular complexity index is 4620. The molecule has 0 aliphatic heterocycles. The number of ether oxygens (including phenoxy) is 4. The van der Waals surface area contributed by atoms with Gasteiger partial charge in [-0.15, -0.1) is 6.42 Å². The molecular weight excluding hydrogens is 1630 g/mol. The summed E-state index contributed by atoms with van der Waals surface area (Å²) in [6.07, 6.45) is 10.1. The summed E-state index contributed by atoms with van der Waals surface area (Å²) < 4.78 is 25.1. The second-order valence-electron chi connectivity index (χ2n) is 33.9. The number of aldehydes is 2. The van der Waals surface area contributed by atoms with Crippen LogP contribution in [0.15, 0.2) is 149 Å². The number of carboxylic acid groups (broad SMARTS) is 1. The van der Waals surface area contributed by atoms with Gasteiger partial charge in [0, 0.05) is 71.5 Å². The first-order chi connectivity index (χ1) is 53.5. The molecule has 8 aromatic rings. The number of anilines is 2. The number of aliphatic carboxylic acids is 1. The van der Waals surface area contributed by atoms with Crippen molar-refractivity contribution in [2.75, 3.05) is 10.6 Å². The molecule has 3 aromatic heterocycles. The number of hydroxylamine groups is 3. The van der Waals surface area contributed by atoms with Crippen molar-refractivity contribution in [3.63, 3.8) is 0 Å². The third-order valence-electron chi connectivity index (χ3n) is 15.0. The number of carbonyl (C=O) groups excluding carboxylic acids is 5. The van der Waals surface area contributed by atoms with Crippen LogP contribution in [0.25, 0.3) is 32.3 Å². The molecule has 10 N–H and O–H groups in total. The fraction of sp³-hybridized carbons (Fsp3) is 0.449. The molecule has 0 saturated heterocycles. The fourth-order valence-corrected chi connectivity index (χ4v) is 11.0. The number of amides is 3. The average molecular weight is 1750 g/mol. The monoisotopic (exact) mass is 1740 g/mol. The van der Waals surface area contributed by atoms with Gasteiger partial charge in [0.2, 0.25) is 0 Å². The highest BCUT2D eigenvalue weighted by Crippen LogP contribution is 2.29. The van der Waals surface area contributed by atoms with Gasteiger partial charge >= 0.3 is 5.97 Å². The third kappa shape index (κ3) is 39.9. The van der Waals surface area contributed by atoms with E-state index in [0.717, 1.165) is 70.5 Å². The number of aromatic nitrogens is 3. The zero-order valence-electron chi connectivity index (χ0n) is 71.5. The van der Waals surface area contributed by atoms with E-state index in [4.69, 9.17) is 68.1 Å². The number of fused-ring (bicyclic) bond motifs is 3. The van der Waals surface area contributed by atoms with Crippen molar-refractivity contribution in [1.29, 1.82) is 0 Å². The highest BCUT2D eigenvalue weighted by molar-refractivity contribution is 9.10. The minimum absolute atomic E-state index is 0.317. The topological polar surface area (TPSA) is 338 Å². The molecule has 0 fully saturated rings. The van der Waals surface area contributed by atoms with Gasteiger partial charge in [0.05, 0.1) is 63.6 Å². The van der Waals surface area contributed by atoms with E-state index in [-0.39, 0.29) is 35.0 Å². The fourth-order valence-electron chi connectivity index (χ4n) is 10.0. The number of pyridine rings is 3. The highest BCUT2D eigenvalue weighted by Gasteiger charge is 2.34. The molecule has 3 amide bonds. The number of nitrogens with two attached hydrogens (primary N) is 2. The van der Waals surface area contributed by atoms with E-state index in [9.17, 15) is 28.8 Å². The molecular formula is C89H119Br2ClN10O14. The van der Waals surface area contributed by atoms with Crippen LogP contribution >= 0.6 is 43.5 Å². The molecule has 0 bridgehead atoms. The number of carboxylic acids is 1. The Hall–Kier alpha value is -8.84. The van der Waals surface area contributed by atoms with Crippen molar-refractivity contribution in [3.05, 3.63) is 182 Å². The Kier molecular flexibility index (Phi) is 40.0. The quantitative estimate of drug-likeness (QED) is 0.0143. The van der Waals surface area contributed by atoms with E-state index in [1.165, 1.54) is 0 Å². The van der Waals surface area contributed by atoms with E-state index >= 15 is 0 Å². The van der Waals surface area contributed by atoms with E-state index in [1.807, 2.05) is 244 Å². The Morgan fingerprint density at radius 1 is 0.431 bits per heavy atom. The molecule has 116 heavy (non-hydrogen) atoms. The van der Waals surface area contributed by atoms with E-state index in [1.54, 1.807) is 68.8 Å². The lowest BCUT2D eigenvalue weighted by Gasteiger charge is -2.31. The van der Waals surface area contributed by atoms with Crippen LogP contribution in [-0.2, 0) is 52.6 Å². The minimum atomic E-state index is -1.04. The van der Waals surface area contributed by atoms with Gasteiger partial charge in [0.1, 0.15) is 53.5 Å². The first-order valence-electron chi connectivity index (χ1n) is 37.6. The number of halogens is 3. The maximum atomic E-state index is 13.1. The lowest BCUT2D eigenvalue weighted by Crippen LogP contribution is -2.51. The van der Waals surface area contributed by atoms with Gasteiger partial charge in [-0.1, -0.05) is 91.6 Å². The molecule has 0 spiro atoms. The van der Waals surface area contributed by atoms with Crippen LogP contribution in [0.5, 0.6) is 0 Å². The molecule has 3 heterocycles. The van der Waals surface area contributed by atoms with Crippen LogP contribution in [0.2, 0.25) is 5.15 Å². The van der Waals surface area contributed by atoms with Crippen LogP contribution in [-0.4, -0.2) is 144 Å². The van der Waals surface area contributed by atoms with Crippen molar-refractivity contribution >= 4 is 124 Å². The maximum absolute atomic E-state index is 13.1. The van der Waals surface area contributed by atoms with Crippen molar-refractivity contribution in [1.82, 2.24) is 31.4 Å². The molecule has 8 atom stereocenters. The number of hydrogen-bond acceptors (Lipinski definition) is 20. The first kappa shape index (κ1) is 101. The van der Waals surface area contributed by atoms with Crippen LogP contribution in [0.1, 0.15) is 210 Å². The SMILES string of the molecule is C#Cc1ccc(C=O)cc1.C[C@@H](OC(C)(C)C)[C@H](N)C(=O)NOC(C)(C)C.C[C@@H](OC(C)(C)C)[C@H](N)C(=O)O.C[C@@H](OC(C)(C)C)[C@H](Nc1nccc2cc(Br)ccc12)C(=O)NOC(C)(C)C.C[C@@H](OC(C)(C)C)[C@H](Nc1nccc2cc(C#Cc3ccc(C=O)cc3)ccc12)C(=O)NOC(C)(C)C.Clc1nccc2cc(Br)ccc12. The number of nitrogens with one attached hydrogen (secondary N) is 5. The van der Waals surface area contributed by atoms with E-state index in [0.29, 0.717) is 27.9 Å². The molecule has 27 heteroatoms. The summed E-state index contributed by atoms with van der Waals surface area (Å²) in [5.74, 6) is 7.84. The molecule has 0 radical (unpaired) electrons. The summed E-state index contributed by atoms with van der Waals surface area (Å²) >= 11 is 12.8. The first-order valence-corrected chi connectivity index (χ1v) is 39.6. The standard InChI is InChI=1S/C30H35N3O4.C21H30BrN3O3.C12H26N2O3.C9H5BrClN.C9H6O.C8H17NO3/c1-20(36-29(2,3)4)26(28(35)33-37-30(5,6)7)32-27-25-15-14-22(18-24(25)16-17-31-27)11-8-21-9-12-23(19-34)13-10-21;1-13(27-20(2,3)4)17(19(26)25-28-21(5,6)7)24-18-16-9-8-15(22)12-14(16)10-11-23-18;1-8(16-11(2,3)4)9(13)10(15)14-17-12(5,6)7;10-7-1-2-8-6(5-7)3-4-12-9(8)11;1-2-8-3-5-9(7-10)6-4-8;1-5(6(9)7(10)11)12-8(2,3)4/h9-10,12-20,26H,1-7H3,(H,31,32)(H,33,35);8-13,17H,1-7H3,(H,23,24)(H,25,26);8-9H,13H2,1-7H3,(H,14,15);1-5H;1,3-7H;5-6H,9H2,1-4H3,(H,10,11)/t20-,26+;13-,17+;8-,9+;;;5-,6+/m111..1/s1. The number of carbonyl (C=O) groups is 6. The molecule has 5 aromatic carbocycles. The smallest absolute Gasteiger partial charge is 0.323 e. The summed E-state index contributed by atoms with van der Waals surface area (Å²) in [5.41, 5.74) is 19.3. The number of benzene rings is 5. The van der Waals surface area contributed by atoms with E-state index in [2.05, 4.69) is 91.6 Å². The van der Waals surface area contributed by atoms with Crippen LogP contribution in [0.4, 0.5) is 11.6 Å². The molecule has 630 valence electrons. The zero-order chi connectivity index (χ0) is 88.1. The van der Waals surface area contributed by atoms with Gasteiger partial charge in [-0.05, 0) is 280 Å². The van der Waals surface area contributed by atoms with Gasteiger partial charge in [-0.3, -0.25) is 43.3 Å². The molecule has 8 rings (SSSR count). The predicted molar refractivity (Wildman–Crippen MR) is 470 cm³/mol. The van der Waals surface area contributed by atoms with Gasteiger partial charge in [0.15, 0.2) is 0 Å². The summed E-state index contributed by atoms with van der Waals surface area (Å²) in [4.78, 5) is 98.2. The Morgan fingerprint density at radius 2 is 0.750 bits per heavy atom. The zero-order valence-corrected chi connectivity index (χ0v) is 75.4. The minimum Gasteiger partial charge on any atom is -0.480 e. The van der Waals surface area contributed by atoms with Crippen molar-refractivity contribution in [2.45, 2.75) is 261 Å². The Labute approximate surface area is 707 Å². The highest BCUT2D eigenvalue weighted by atomic mass is 79.9. The lowest BCUT2D eigenvalue weighted by atomic mass is 10.1. The summed E-state index contributed by atoms with van der Waals surface area (Å²) in [6.45, 7) is 46.9. The van der Waals surface area contributed by atoms with Crippen molar-refractivity contribution in [2.24, 2.45) is 11.5 Å². The van der Waals surface area contributed by atoms with Gasteiger partial charge in [0.25, 0.3) is 17.7 Å². The maximum Gasteiger partial charge on any atom is 0.323 e.